The first-order valence-electron chi connectivity index (χ1n) is 11.8. The Morgan fingerprint density at radius 1 is 0.914 bits per heavy atom. The van der Waals surface area contributed by atoms with Crippen LogP contribution in [0.1, 0.15) is 22.6 Å². The average molecular weight is 484 g/mol. The third-order valence-corrected chi connectivity index (χ3v) is 6.26. The molecule has 0 aliphatic rings. The summed E-state index contributed by atoms with van der Waals surface area (Å²) in [7, 11) is 0. The highest BCUT2D eigenvalue weighted by molar-refractivity contribution is 6.30. The van der Waals surface area contributed by atoms with Crippen molar-refractivity contribution in [3.63, 3.8) is 0 Å². The number of nitrogens with one attached hydrogen (secondary N) is 1. The molecule has 1 N–H and O–H groups in total. The summed E-state index contributed by atoms with van der Waals surface area (Å²) in [6, 6.07) is 29.4. The lowest BCUT2D eigenvalue weighted by Gasteiger charge is -2.12. The van der Waals surface area contributed by atoms with Gasteiger partial charge in [-0.15, -0.1) is 0 Å². The Morgan fingerprint density at radius 3 is 2.57 bits per heavy atom. The number of carbonyl (C=O) groups excluding carboxylic acids is 1. The number of hydrogen-bond acceptors (Lipinski definition) is 3. The Hall–Kier alpha value is -3.83. The molecule has 35 heavy (non-hydrogen) atoms. The van der Waals surface area contributed by atoms with Gasteiger partial charge in [0.15, 0.2) is 0 Å². The summed E-state index contributed by atoms with van der Waals surface area (Å²) >= 11 is 5.92. The van der Waals surface area contributed by atoms with Gasteiger partial charge in [-0.25, -0.2) is 4.98 Å². The second-order valence-electron chi connectivity index (χ2n) is 8.36. The maximum atomic E-state index is 12.4. The fourth-order valence-electron chi connectivity index (χ4n) is 4.28. The van der Waals surface area contributed by atoms with Gasteiger partial charge in [0.25, 0.3) is 5.91 Å². The van der Waals surface area contributed by atoms with Crippen molar-refractivity contribution in [2.24, 2.45) is 0 Å². The van der Waals surface area contributed by atoms with Crippen LogP contribution in [-0.2, 0) is 13.0 Å². The molecule has 6 heteroatoms. The van der Waals surface area contributed by atoms with Crippen LogP contribution in [-0.4, -0.2) is 28.6 Å². The van der Waals surface area contributed by atoms with Gasteiger partial charge in [-0.3, -0.25) is 4.79 Å². The van der Waals surface area contributed by atoms with Crippen molar-refractivity contribution in [1.82, 2.24) is 14.9 Å². The van der Waals surface area contributed by atoms with Crippen molar-refractivity contribution in [3.05, 3.63) is 107 Å². The minimum atomic E-state index is -0.118. The van der Waals surface area contributed by atoms with Crippen LogP contribution in [0.15, 0.2) is 91.0 Å². The summed E-state index contributed by atoms with van der Waals surface area (Å²) in [6.45, 7) is 1.89. The van der Waals surface area contributed by atoms with Crippen molar-refractivity contribution in [1.29, 1.82) is 0 Å². The summed E-state index contributed by atoms with van der Waals surface area (Å²) in [5.74, 6) is 1.74. The van der Waals surface area contributed by atoms with Crippen LogP contribution in [0, 0.1) is 0 Å². The van der Waals surface area contributed by atoms with Crippen molar-refractivity contribution >= 4 is 39.3 Å². The second kappa shape index (κ2) is 10.6. The number of para-hydroxylation sites is 2. The maximum Gasteiger partial charge on any atom is 0.251 e. The van der Waals surface area contributed by atoms with E-state index >= 15 is 0 Å². The molecule has 0 radical (unpaired) electrons. The van der Waals surface area contributed by atoms with E-state index in [1.165, 1.54) is 5.39 Å². The molecular formula is C29H26ClN3O2. The Bertz CT molecular complexity index is 1460. The number of nitrogens with zero attached hydrogens (tertiary/aromatic N) is 2. The van der Waals surface area contributed by atoms with Crippen LogP contribution in [0.2, 0.25) is 5.02 Å². The van der Waals surface area contributed by atoms with Crippen molar-refractivity contribution in [2.75, 3.05) is 13.2 Å². The third-order valence-electron chi connectivity index (χ3n) is 6.01. The number of fused-ring (bicyclic) bond motifs is 2. The second-order valence-corrected chi connectivity index (χ2v) is 8.80. The lowest BCUT2D eigenvalue weighted by atomic mass is 10.1. The number of benzene rings is 4. The molecule has 0 aliphatic carbocycles. The van der Waals surface area contributed by atoms with Gasteiger partial charge in [-0.2, -0.15) is 0 Å². The number of imidazole rings is 1. The van der Waals surface area contributed by atoms with E-state index in [1.54, 1.807) is 24.3 Å². The van der Waals surface area contributed by atoms with Crippen LogP contribution >= 0.6 is 11.6 Å². The minimum absolute atomic E-state index is 0.118. The molecule has 1 amide bonds. The largest absolute Gasteiger partial charge is 0.493 e. The van der Waals surface area contributed by atoms with Gasteiger partial charge in [0.05, 0.1) is 17.6 Å². The number of carbonyl (C=O) groups is 1. The summed E-state index contributed by atoms with van der Waals surface area (Å²) < 4.78 is 8.37. The first kappa shape index (κ1) is 22.9. The molecule has 0 atom stereocenters. The number of halogens is 1. The predicted octanol–water partition coefficient (Wildman–Crippen LogP) is 6.28. The topological polar surface area (TPSA) is 56.2 Å². The van der Waals surface area contributed by atoms with Crippen LogP contribution < -0.4 is 10.1 Å². The first-order chi connectivity index (χ1) is 17.2. The van der Waals surface area contributed by atoms with Crippen LogP contribution in [0.25, 0.3) is 21.8 Å². The highest BCUT2D eigenvalue weighted by Crippen LogP contribution is 2.25. The molecule has 4 aromatic carbocycles. The molecule has 5 aromatic rings. The molecule has 0 bridgehead atoms. The Balaban J connectivity index is 1.23. The van der Waals surface area contributed by atoms with E-state index in [-0.39, 0.29) is 5.91 Å². The van der Waals surface area contributed by atoms with Gasteiger partial charge in [0.2, 0.25) is 0 Å². The third kappa shape index (κ3) is 5.31. The van der Waals surface area contributed by atoms with Gasteiger partial charge in [0, 0.05) is 35.5 Å². The number of aromatic nitrogens is 2. The number of rotatable bonds is 9. The summed E-state index contributed by atoms with van der Waals surface area (Å²) in [6.07, 6.45) is 1.48. The molecule has 0 saturated carbocycles. The van der Waals surface area contributed by atoms with Gasteiger partial charge in [-0.1, -0.05) is 60.1 Å². The number of hydrogen-bond donors (Lipinski definition) is 1. The standard InChI is InChI=1S/C29H26ClN3O2/c30-23-15-13-22(14-16-23)29(34)31-18-17-28-32-25-10-3-4-11-26(25)33(28)19-6-20-35-27-12-5-8-21-7-1-2-9-24(21)27/h1-5,7-16H,6,17-20H2,(H,31,34). The molecule has 0 fully saturated rings. The molecule has 0 saturated heterocycles. The molecule has 1 heterocycles. The van der Waals surface area contributed by atoms with Crippen molar-refractivity contribution in [2.45, 2.75) is 19.4 Å². The zero-order valence-electron chi connectivity index (χ0n) is 19.3. The highest BCUT2D eigenvalue weighted by atomic mass is 35.5. The quantitative estimate of drug-likeness (QED) is 0.251. The minimum Gasteiger partial charge on any atom is -0.493 e. The van der Waals surface area contributed by atoms with E-state index in [1.807, 2.05) is 42.5 Å². The highest BCUT2D eigenvalue weighted by Gasteiger charge is 2.12. The van der Waals surface area contributed by atoms with Crippen molar-refractivity contribution in [3.8, 4) is 5.75 Å². The van der Waals surface area contributed by atoms with E-state index in [2.05, 4.69) is 34.1 Å². The molecule has 176 valence electrons. The van der Waals surface area contributed by atoms with Crippen molar-refractivity contribution < 1.29 is 9.53 Å². The first-order valence-corrected chi connectivity index (χ1v) is 12.2. The molecule has 1 aromatic heterocycles. The Kier molecular flexibility index (Phi) is 6.96. The number of ether oxygens (including phenoxy) is 1. The van der Waals surface area contributed by atoms with E-state index in [9.17, 15) is 4.79 Å². The van der Waals surface area contributed by atoms with E-state index in [0.717, 1.165) is 41.0 Å². The van der Waals surface area contributed by atoms with Crippen LogP contribution in [0.5, 0.6) is 5.75 Å². The van der Waals surface area contributed by atoms with Gasteiger partial charge >= 0.3 is 0 Å². The van der Waals surface area contributed by atoms with E-state index in [0.29, 0.717) is 30.2 Å². The molecular weight excluding hydrogens is 458 g/mol. The number of aryl methyl sites for hydroxylation is 1. The van der Waals surface area contributed by atoms with E-state index < -0.39 is 0 Å². The summed E-state index contributed by atoms with van der Waals surface area (Å²) in [5, 5.41) is 5.89. The zero-order chi connectivity index (χ0) is 24.0. The molecule has 5 nitrogen and oxygen atoms in total. The molecule has 5 rings (SSSR count). The molecule has 0 aliphatic heterocycles. The monoisotopic (exact) mass is 483 g/mol. The zero-order valence-corrected chi connectivity index (χ0v) is 20.0. The molecule has 0 spiro atoms. The fraction of sp³-hybridized carbons (Fsp3) is 0.172. The Morgan fingerprint density at radius 2 is 1.69 bits per heavy atom. The van der Waals surface area contributed by atoms with E-state index in [4.69, 9.17) is 21.3 Å². The molecule has 0 unspecified atom stereocenters. The fourth-order valence-corrected chi connectivity index (χ4v) is 4.41. The normalized spacial score (nSPS) is 11.1. The average Bonchev–Trinajstić information content (AvgIpc) is 3.24. The van der Waals surface area contributed by atoms with Crippen LogP contribution in [0.3, 0.4) is 0 Å². The lowest BCUT2D eigenvalue weighted by molar-refractivity contribution is 0.0954. The summed E-state index contributed by atoms with van der Waals surface area (Å²) in [4.78, 5) is 17.3. The van der Waals surface area contributed by atoms with Gasteiger partial charge < -0.3 is 14.6 Å². The Labute approximate surface area is 209 Å². The number of amides is 1. The van der Waals surface area contributed by atoms with Gasteiger partial charge in [-0.05, 0) is 54.3 Å². The maximum absolute atomic E-state index is 12.4. The SMILES string of the molecule is O=C(NCCc1nc2ccccc2n1CCCOc1cccc2ccccc12)c1ccc(Cl)cc1. The summed E-state index contributed by atoms with van der Waals surface area (Å²) in [5.41, 5.74) is 2.65. The van der Waals surface area contributed by atoms with Gasteiger partial charge in [0.1, 0.15) is 11.6 Å². The van der Waals surface area contributed by atoms with Crippen LogP contribution in [0.4, 0.5) is 0 Å². The predicted molar refractivity (Wildman–Crippen MR) is 141 cm³/mol. The lowest BCUT2D eigenvalue weighted by Crippen LogP contribution is -2.26. The smallest absolute Gasteiger partial charge is 0.251 e.